The molecule has 120 valence electrons. The summed E-state index contributed by atoms with van der Waals surface area (Å²) in [6, 6.07) is 0. The molecule has 0 saturated carbocycles. The van der Waals surface area contributed by atoms with E-state index in [4.69, 9.17) is 0 Å². The van der Waals surface area contributed by atoms with Crippen molar-refractivity contribution >= 4 is 0 Å². The summed E-state index contributed by atoms with van der Waals surface area (Å²) in [5.41, 5.74) is 0.0346. The summed E-state index contributed by atoms with van der Waals surface area (Å²) in [6.07, 6.45) is 0. The monoisotopic (exact) mass is 303 g/mol. The lowest BCUT2D eigenvalue weighted by Crippen LogP contribution is -2.36. The van der Waals surface area contributed by atoms with Crippen LogP contribution < -0.4 is 0 Å². The molecule has 0 amide bonds. The summed E-state index contributed by atoms with van der Waals surface area (Å²) in [5.74, 6) is 4.14. The Morgan fingerprint density at radius 1 is 1.05 bits per heavy atom. The summed E-state index contributed by atoms with van der Waals surface area (Å²) < 4.78 is 4.44. The minimum Gasteiger partial charge on any atom is -0.314 e. The van der Waals surface area contributed by atoms with Crippen LogP contribution in [0.1, 0.15) is 51.0 Å². The van der Waals surface area contributed by atoms with Crippen LogP contribution in [0.2, 0.25) is 0 Å². The normalized spacial score (nSPS) is 16.0. The highest BCUT2D eigenvalue weighted by atomic mass is 15.4. The standard InChI is InChI=1S/C15H25N7/c1-6-21-11(2)16-17-12(21)9-20-7-8-22-13(10-20)18-19-14(22)15(3,4)5/h6-10H2,1-5H3. The fourth-order valence-corrected chi connectivity index (χ4v) is 3.05. The highest BCUT2D eigenvalue weighted by Crippen LogP contribution is 2.24. The van der Waals surface area contributed by atoms with Crippen LogP contribution in [-0.4, -0.2) is 41.0 Å². The van der Waals surface area contributed by atoms with Gasteiger partial charge in [0, 0.05) is 25.0 Å². The zero-order chi connectivity index (χ0) is 15.9. The number of aryl methyl sites for hydroxylation is 1. The van der Waals surface area contributed by atoms with Crippen LogP contribution in [0, 0.1) is 6.92 Å². The zero-order valence-corrected chi connectivity index (χ0v) is 14.2. The first-order valence-electron chi connectivity index (χ1n) is 7.93. The number of fused-ring (bicyclic) bond motifs is 1. The van der Waals surface area contributed by atoms with Gasteiger partial charge in [-0.25, -0.2) is 0 Å². The Kier molecular flexibility index (Phi) is 3.76. The van der Waals surface area contributed by atoms with Crippen LogP contribution in [0.3, 0.4) is 0 Å². The van der Waals surface area contributed by atoms with Gasteiger partial charge in [0.15, 0.2) is 0 Å². The molecule has 1 aliphatic heterocycles. The smallest absolute Gasteiger partial charge is 0.147 e. The Hall–Kier alpha value is -1.76. The quantitative estimate of drug-likeness (QED) is 0.860. The molecular formula is C15H25N7. The molecule has 0 saturated heterocycles. The fourth-order valence-electron chi connectivity index (χ4n) is 3.05. The molecule has 0 bridgehead atoms. The van der Waals surface area contributed by atoms with E-state index in [-0.39, 0.29) is 5.41 Å². The van der Waals surface area contributed by atoms with Gasteiger partial charge in [0.05, 0.1) is 13.1 Å². The number of rotatable bonds is 3. The maximum Gasteiger partial charge on any atom is 0.147 e. The average Bonchev–Trinajstić information content (AvgIpc) is 3.02. The third-order valence-corrected chi connectivity index (χ3v) is 4.20. The molecule has 22 heavy (non-hydrogen) atoms. The second kappa shape index (κ2) is 5.46. The fraction of sp³-hybridized carbons (Fsp3) is 0.733. The highest BCUT2D eigenvalue weighted by Gasteiger charge is 2.28. The van der Waals surface area contributed by atoms with Gasteiger partial charge in [-0.1, -0.05) is 20.8 Å². The maximum atomic E-state index is 4.40. The lowest BCUT2D eigenvalue weighted by molar-refractivity contribution is 0.197. The van der Waals surface area contributed by atoms with Gasteiger partial charge in [-0.3, -0.25) is 4.90 Å². The van der Waals surface area contributed by atoms with Gasteiger partial charge in [0.2, 0.25) is 0 Å². The van der Waals surface area contributed by atoms with E-state index >= 15 is 0 Å². The first-order chi connectivity index (χ1) is 10.4. The van der Waals surface area contributed by atoms with Gasteiger partial charge in [0.1, 0.15) is 23.3 Å². The van der Waals surface area contributed by atoms with E-state index in [1.54, 1.807) is 0 Å². The molecule has 1 aliphatic rings. The Balaban J connectivity index is 1.76. The molecule has 0 aromatic carbocycles. The van der Waals surface area contributed by atoms with Crippen molar-refractivity contribution in [3.8, 4) is 0 Å². The molecule has 3 heterocycles. The minimum atomic E-state index is 0.0346. The predicted octanol–water partition coefficient (Wildman–Crippen LogP) is 1.51. The first-order valence-corrected chi connectivity index (χ1v) is 7.93. The van der Waals surface area contributed by atoms with Gasteiger partial charge >= 0.3 is 0 Å². The van der Waals surface area contributed by atoms with E-state index in [9.17, 15) is 0 Å². The molecule has 0 radical (unpaired) electrons. The molecule has 2 aromatic heterocycles. The van der Waals surface area contributed by atoms with Crippen molar-refractivity contribution < 1.29 is 0 Å². The largest absolute Gasteiger partial charge is 0.314 e. The van der Waals surface area contributed by atoms with Gasteiger partial charge in [-0.05, 0) is 13.8 Å². The predicted molar refractivity (Wildman–Crippen MR) is 83.3 cm³/mol. The Labute approximate surface area is 131 Å². The number of hydrogen-bond donors (Lipinski definition) is 0. The summed E-state index contributed by atoms with van der Waals surface area (Å²) in [7, 11) is 0. The second-order valence-corrected chi connectivity index (χ2v) is 6.96. The number of aromatic nitrogens is 6. The molecule has 0 N–H and O–H groups in total. The number of nitrogens with zero attached hydrogens (tertiary/aromatic N) is 7. The number of hydrogen-bond acceptors (Lipinski definition) is 5. The van der Waals surface area contributed by atoms with E-state index in [0.717, 1.165) is 56.0 Å². The highest BCUT2D eigenvalue weighted by molar-refractivity contribution is 5.08. The molecule has 7 heteroatoms. The van der Waals surface area contributed by atoms with Crippen molar-refractivity contribution in [3.05, 3.63) is 23.3 Å². The van der Waals surface area contributed by atoms with Crippen molar-refractivity contribution in [2.45, 2.75) is 66.2 Å². The van der Waals surface area contributed by atoms with Crippen LogP contribution in [0.5, 0.6) is 0 Å². The SMILES string of the molecule is CCn1c(C)nnc1CN1CCn2c(nnc2C(C)(C)C)C1. The van der Waals surface area contributed by atoms with E-state index in [2.05, 4.69) is 62.1 Å². The molecule has 3 rings (SSSR count). The Morgan fingerprint density at radius 3 is 2.50 bits per heavy atom. The van der Waals surface area contributed by atoms with Crippen LogP contribution in [0.25, 0.3) is 0 Å². The minimum absolute atomic E-state index is 0.0346. The van der Waals surface area contributed by atoms with Gasteiger partial charge in [-0.15, -0.1) is 20.4 Å². The van der Waals surface area contributed by atoms with E-state index in [0.29, 0.717) is 0 Å². The van der Waals surface area contributed by atoms with Crippen LogP contribution in [0.15, 0.2) is 0 Å². The second-order valence-electron chi connectivity index (χ2n) is 6.96. The van der Waals surface area contributed by atoms with Crippen LogP contribution in [0.4, 0.5) is 0 Å². The van der Waals surface area contributed by atoms with Crippen LogP contribution >= 0.6 is 0 Å². The third-order valence-electron chi connectivity index (χ3n) is 4.20. The molecule has 0 aliphatic carbocycles. The summed E-state index contributed by atoms with van der Waals surface area (Å²) in [6.45, 7) is 15.1. The van der Waals surface area contributed by atoms with Gasteiger partial charge < -0.3 is 9.13 Å². The van der Waals surface area contributed by atoms with E-state index in [1.807, 2.05) is 6.92 Å². The van der Waals surface area contributed by atoms with Crippen molar-refractivity contribution in [1.82, 2.24) is 34.4 Å². The third kappa shape index (κ3) is 2.65. The maximum absolute atomic E-state index is 4.40. The molecule has 2 aromatic rings. The van der Waals surface area contributed by atoms with E-state index in [1.165, 1.54) is 0 Å². The van der Waals surface area contributed by atoms with Gasteiger partial charge in [0.25, 0.3) is 0 Å². The van der Waals surface area contributed by atoms with Gasteiger partial charge in [-0.2, -0.15) is 0 Å². The van der Waals surface area contributed by atoms with Crippen molar-refractivity contribution in [2.75, 3.05) is 6.54 Å². The summed E-state index contributed by atoms with van der Waals surface area (Å²) in [5, 5.41) is 17.3. The van der Waals surface area contributed by atoms with E-state index < -0.39 is 0 Å². The lowest BCUT2D eigenvalue weighted by atomic mass is 9.95. The van der Waals surface area contributed by atoms with Crippen molar-refractivity contribution in [3.63, 3.8) is 0 Å². The van der Waals surface area contributed by atoms with Crippen molar-refractivity contribution in [1.29, 1.82) is 0 Å². The Morgan fingerprint density at radius 2 is 1.82 bits per heavy atom. The topological polar surface area (TPSA) is 64.7 Å². The van der Waals surface area contributed by atoms with Crippen LogP contribution in [-0.2, 0) is 31.6 Å². The zero-order valence-electron chi connectivity index (χ0n) is 14.2. The Bertz CT molecular complexity index is 662. The molecule has 0 fully saturated rings. The summed E-state index contributed by atoms with van der Waals surface area (Å²) >= 11 is 0. The first kappa shape index (κ1) is 15.1. The summed E-state index contributed by atoms with van der Waals surface area (Å²) in [4.78, 5) is 2.37. The average molecular weight is 303 g/mol. The molecule has 0 atom stereocenters. The lowest BCUT2D eigenvalue weighted by Gasteiger charge is -2.29. The molecule has 0 unspecified atom stereocenters. The molecule has 0 spiro atoms. The molecular weight excluding hydrogens is 278 g/mol. The molecule has 7 nitrogen and oxygen atoms in total. The van der Waals surface area contributed by atoms with Crippen molar-refractivity contribution in [2.24, 2.45) is 0 Å².